The minimum Gasteiger partial charge on any atom is -0.368 e. The van der Waals surface area contributed by atoms with Crippen LogP contribution in [-0.2, 0) is 10.0 Å². The minimum absolute atomic E-state index is 0.00477. The Hall–Kier alpha value is -2.47. The van der Waals surface area contributed by atoms with Gasteiger partial charge in [0.05, 0.1) is 27.6 Å². The number of hydrogen-bond acceptors (Lipinski definition) is 7. The monoisotopic (exact) mass is 499 g/mol. The first-order valence-electron chi connectivity index (χ1n) is 9.65. The van der Waals surface area contributed by atoms with Gasteiger partial charge in [0.15, 0.2) is 5.82 Å². The van der Waals surface area contributed by atoms with Gasteiger partial charge in [0, 0.05) is 30.6 Å². The Bertz CT molecular complexity index is 1220. The number of hydrogen-bond donors (Lipinski definition) is 3. The molecule has 0 saturated carbocycles. The molecule has 3 N–H and O–H groups in total. The lowest BCUT2D eigenvalue weighted by atomic mass is 10.2. The number of nitrogens with one attached hydrogen (secondary N) is 3. The van der Waals surface area contributed by atoms with E-state index < -0.39 is 26.6 Å². The van der Waals surface area contributed by atoms with Gasteiger partial charge in [-0.3, -0.25) is 4.72 Å². The minimum atomic E-state index is -4.22. The summed E-state index contributed by atoms with van der Waals surface area (Å²) in [6.07, 6.45) is 0.903. The number of anilines is 4. The molecule has 1 saturated heterocycles. The fourth-order valence-electron chi connectivity index (χ4n) is 3.52. The second kappa shape index (κ2) is 9.18. The van der Waals surface area contributed by atoms with Gasteiger partial charge in [-0.15, -0.1) is 11.3 Å². The SMILES string of the molecule is CN[C@H]1CCN(c2cc(F)ccc2Nc2cc(F)c(S(=O)(=O)Nc3cscn3)cc2Cl)C1. The van der Waals surface area contributed by atoms with Crippen molar-refractivity contribution in [3.8, 4) is 0 Å². The third-order valence-electron chi connectivity index (χ3n) is 5.15. The van der Waals surface area contributed by atoms with Crippen molar-refractivity contribution in [3.63, 3.8) is 0 Å². The molecule has 0 aliphatic carbocycles. The van der Waals surface area contributed by atoms with Crippen LogP contribution in [-0.4, -0.2) is 39.6 Å². The molecule has 0 amide bonds. The molecule has 170 valence electrons. The quantitative estimate of drug-likeness (QED) is 0.446. The van der Waals surface area contributed by atoms with Crippen LogP contribution >= 0.6 is 22.9 Å². The van der Waals surface area contributed by atoms with Crippen molar-refractivity contribution in [2.45, 2.75) is 17.4 Å². The molecule has 3 aromatic rings. The van der Waals surface area contributed by atoms with Gasteiger partial charge in [-0.25, -0.2) is 22.2 Å². The Labute approximate surface area is 193 Å². The first kappa shape index (κ1) is 22.7. The summed E-state index contributed by atoms with van der Waals surface area (Å²) in [4.78, 5) is 5.26. The zero-order valence-electron chi connectivity index (χ0n) is 16.9. The highest BCUT2D eigenvalue weighted by Gasteiger charge is 2.25. The molecule has 12 heteroatoms. The van der Waals surface area contributed by atoms with E-state index in [1.54, 1.807) is 6.07 Å². The normalized spacial score (nSPS) is 16.4. The van der Waals surface area contributed by atoms with E-state index in [0.29, 0.717) is 17.9 Å². The molecule has 7 nitrogen and oxygen atoms in total. The van der Waals surface area contributed by atoms with Crippen molar-refractivity contribution >= 4 is 55.8 Å². The summed E-state index contributed by atoms with van der Waals surface area (Å²) in [6.45, 7) is 1.42. The molecule has 4 rings (SSSR count). The maximum absolute atomic E-state index is 14.8. The number of nitrogens with zero attached hydrogens (tertiary/aromatic N) is 2. The maximum atomic E-state index is 14.8. The van der Waals surface area contributed by atoms with Crippen LogP contribution in [0, 0.1) is 11.6 Å². The summed E-state index contributed by atoms with van der Waals surface area (Å²) < 4.78 is 56.1. The topological polar surface area (TPSA) is 86.4 Å². The molecule has 1 fully saturated rings. The molecule has 32 heavy (non-hydrogen) atoms. The van der Waals surface area contributed by atoms with Crippen molar-refractivity contribution in [3.05, 3.63) is 57.9 Å². The fraction of sp³-hybridized carbons (Fsp3) is 0.250. The molecule has 1 aromatic heterocycles. The Balaban J connectivity index is 1.63. The summed E-state index contributed by atoms with van der Waals surface area (Å²) in [5.41, 5.74) is 2.75. The molecule has 2 aromatic carbocycles. The Morgan fingerprint density at radius 3 is 2.72 bits per heavy atom. The number of sulfonamides is 1. The number of rotatable bonds is 7. The Kier molecular flexibility index (Phi) is 6.52. The van der Waals surface area contributed by atoms with E-state index in [0.717, 1.165) is 25.1 Å². The van der Waals surface area contributed by atoms with Gasteiger partial charge in [-0.05, 0) is 37.7 Å². The first-order chi connectivity index (χ1) is 15.3. The second-order valence-corrected chi connectivity index (χ2v) is 10.0. The molecule has 0 bridgehead atoms. The summed E-state index contributed by atoms with van der Waals surface area (Å²) in [5.74, 6) is -1.29. The van der Waals surface area contributed by atoms with Crippen LogP contribution in [0.5, 0.6) is 0 Å². The standard InChI is InChI=1S/C20H20ClF2N5O2S2/c1-24-13-4-5-28(9-13)18-6-12(22)2-3-16(18)26-17-8-15(23)19(7-14(17)21)32(29,30)27-20-10-31-11-25-20/h2-3,6-8,10-11,13,24,26-27H,4-5,9H2,1H3/t13-/m0/s1. The number of thiazole rings is 1. The number of aromatic nitrogens is 1. The smallest absolute Gasteiger partial charge is 0.266 e. The van der Waals surface area contributed by atoms with Crippen LogP contribution in [0.3, 0.4) is 0 Å². The van der Waals surface area contributed by atoms with Gasteiger partial charge >= 0.3 is 0 Å². The van der Waals surface area contributed by atoms with Crippen molar-refractivity contribution < 1.29 is 17.2 Å². The predicted octanol–water partition coefficient (Wildman–Crippen LogP) is 4.42. The highest BCUT2D eigenvalue weighted by Crippen LogP contribution is 2.36. The van der Waals surface area contributed by atoms with E-state index in [1.807, 2.05) is 11.9 Å². The van der Waals surface area contributed by atoms with Gasteiger partial charge in [-0.1, -0.05) is 11.6 Å². The molecule has 2 heterocycles. The lowest BCUT2D eigenvalue weighted by Gasteiger charge is -2.23. The van der Waals surface area contributed by atoms with Gasteiger partial charge in [0.2, 0.25) is 0 Å². The third kappa shape index (κ3) is 4.80. The highest BCUT2D eigenvalue weighted by atomic mass is 35.5. The zero-order valence-corrected chi connectivity index (χ0v) is 19.3. The van der Waals surface area contributed by atoms with Crippen molar-refractivity contribution in [1.29, 1.82) is 0 Å². The van der Waals surface area contributed by atoms with Crippen LogP contribution < -0.4 is 20.3 Å². The van der Waals surface area contributed by atoms with Gasteiger partial charge in [-0.2, -0.15) is 0 Å². The number of benzene rings is 2. The zero-order chi connectivity index (χ0) is 22.9. The van der Waals surface area contributed by atoms with E-state index in [4.69, 9.17) is 11.6 Å². The third-order valence-corrected chi connectivity index (χ3v) is 7.42. The van der Waals surface area contributed by atoms with Gasteiger partial charge < -0.3 is 15.5 Å². The summed E-state index contributed by atoms with van der Waals surface area (Å²) in [6, 6.07) is 6.55. The first-order valence-corrected chi connectivity index (χ1v) is 12.5. The van der Waals surface area contributed by atoms with Crippen LogP contribution in [0.15, 0.2) is 46.1 Å². The fourth-order valence-corrected chi connectivity index (χ4v) is 5.44. The van der Waals surface area contributed by atoms with Gasteiger partial charge in [0.1, 0.15) is 16.5 Å². The molecule has 1 atom stereocenters. The second-order valence-electron chi connectivity index (χ2n) is 7.25. The lowest BCUT2D eigenvalue weighted by molar-refractivity contribution is 0.570. The van der Waals surface area contributed by atoms with E-state index in [9.17, 15) is 17.2 Å². The molecule has 1 aliphatic rings. The molecular weight excluding hydrogens is 480 g/mol. The lowest BCUT2D eigenvalue weighted by Crippen LogP contribution is -2.29. The summed E-state index contributed by atoms with van der Waals surface area (Å²) in [5, 5.41) is 7.70. The number of likely N-dealkylation sites (N-methyl/N-ethyl adjacent to an activating group) is 1. The van der Waals surface area contributed by atoms with Crippen LogP contribution in [0.4, 0.5) is 31.7 Å². The van der Waals surface area contributed by atoms with E-state index in [-0.39, 0.29) is 22.6 Å². The van der Waals surface area contributed by atoms with E-state index in [2.05, 4.69) is 20.3 Å². The van der Waals surface area contributed by atoms with Crippen LogP contribution in [0.1, 0.15) is 6.42 Å². The molecule has 1 aliphatic heterocycles. The molecule has 0 radical (unpaired) electrons. The average Bonchev–Trinajstić information content (AvgIpc) is 3.43. The largest absolute Gasteiger partial charge is 0.368 e. The van der Waals surface area contributed by atoms with E-state index >= 15 is 0 Å². The van der Waals surface area contributed by atoms with Crippen molar-refractivity contribution in [1.82, 2.24) is 10.3 Å². The molecular formula is C20H20ClF2N5O2S2. The van der Waals surface area contributed by atoms with Crippen molar-refractivity contribution in [2.75, 3.05) is 35.1 Å². The van der Waals surface area contributed by atoms with Crippen LogP contribution in [0.2, 0.25) is 5.02 Å². The van der Waals surface area contributed by atoms with E-state index in [1.165, 1.54) is 34.4 Å². The van der Waals surface area contributed by atoms with Crippen LogP contribution in [0.25, 0.3) is 0 Å². The van der Waals surface area contributed by atoms with Gasteiger partial charge in [0.25, 0.3) is 10.0 Å². The van der Waals surface area contributed by atoms with Crippen molar-refractivity contribution in [2.24, 2.45) is 0 Å². The Morgan fingerprint density at radius 1 is 1.22 bits per heavy atom. The number of halogens is 3. The molecule has 0 spiro atoms. The highest BCUT2D eigenvalue weighted by molar-refractivity contribution is 7.92. The predicted molar refractivity (Wildman–Crippen MR) is 124 cm³/mol. The summed E-state index contributed by atoms with van der Waals surface area (Å²) in [7, 11) is -2.34. The Morgan fingerprint density at radius 2 is 2.03 bits per heavy atom. The summed E-state index contributed by atoms with van der Waals surface area (Å²) >= 11 is 7.49. The maximum Gasteiger partial charge on any atom is 0.266 e. The molecule has 0 unspecified atom stereocenters. The average molecular weight is 500 g/mol.